The number of benzene rings is 1. The molecule has 92 valence electrons. The van der Waals surface area contributed by atoms with E-state index in [1.165, 1.54) is 6.07 Å². The SMILES string of the molecule is C=CCCCOCC(=O)c1ccc(F)c(F)c1. The van der Waals surface area contributed by atoms with Crippen molar-refractivity contribution in [3.05, 3.63) is 48.1 Å². The van der Waals surface area contributed by atoms with Gasteiger partial charge >= 0.3 is 0 Å². The zero-order chi connectivity index (χ0) is 12.7. The number of Topliss-reactive ketones (excluding diaryl/α,β-unsaturated/α-hetero) is 1. The zero-order valence-corrected chi connectivity index (χ0v) is 9.42. The van der Waals surface area contributed by atoms with E-state index in [2.05, 4.69) is 6.58 Å². The van der Waals surface area contributed by atoms with E-state index < -0.39 is 11.6 Å². The van der Waals surface area contributed by atoms with Gasteiger partial charge in [0.25, 0.3) is 0 Å². The molecule has 0 N–H and O–H groups in total. The highest BCUT2D eigenvalue weighted by atomic mass is 19.2. The van der Waals surface area contributed by atoms with Gasteiger partial charge in [-0.15, -0.1) is 6.58 Å². The Kier molecular flexibility index (Phi) is 5.49. The topological polar surface area (TPSA) is 26.3 Å². The first-order chi connectivity index (χ1) is 8.15. The fourth-order valence-electron chi connectivity index (χ4n) is 1.25. The molecule has 17 heavy (non-hydrogen) atoms. The lowest BCUT2D eigenvalue weighted by atomic mass is 10.1. The number of unbranched alkanes of at least 4 members (excludes halogenated alkanes) is 1. The van der Waals surface area contributed by atoms with Crippen molar-refractivity contribution < 1.29 is 18.3 Å². The molecule has 0 saturated carbocycles. The largest absolute Gasteiger partial charge is 0.373 e. The molecule has 0 radical (unpaired) electrons. The van der Waals surface area contributed by atoms with Crippen molar-refractivity contribution in [1.29, 1.82) is 0 Å². The Morgan fingerprint density at radius 3 is 2.76 bits per heavy atom. The van der Waals surface area contributed by atoms with Crippen LogP contribution in [0.3, 0.4) is 0 Å². The van der Waals surface area contributed by atoms with Crippen LogP contribution in [0.4, 0.5) is 8.78 Å². The minimum absolute atomic E-state index is 0.118. The number of ketones is 1. The first kappa shape index (κ1) is 13.5. The van der Waals surface area contributed by atoms with Crippen molar-refractivity contribution in [3.63, 3.8) is 0 Å². The van der Waals surface area contributed by atoms with E-state index in [0.717, 1.165) is 25.0 Å². The molecule has 0 aliphatic rings. The molecule has 1 aromatic carbocycles. The zero-order valence-electron chi connectivity index (χ0n) is 9.42. The van der Waals surface area contributed by atoms with E-state index in [1.54, 1.807) is 6.08 Å². The van der Waals surface area contributed by atoms with Gasteiger partial charge in [0, 0.05) is 12.2 Å². The first-order valence-corrected chi connectivity index (χ1v) is 5.32. The Morgan fingerprint density at radius 2 is 2.12 bits per heavy atom. The summed E-state index contributed by atoms with van der Waals surface area (Å²) in [6.07, 6.45) is 3.37. The molecule has 0 fully saturated rings. The van der Waals surface area contributed by atoms with E-state index in [1.807, 2.05) is 0 Å². The third-order valence-electron chi connectivity index (χ3n) is 2.17. The molecular weight excluding hydrogens is 226 g/mol. The summed E-state index contributed by atoms with van der Waals surface area (Å²) in [6, 6.07) is 3.05. The summed E-state index contributed by atoms with van der Waals surface area (Å²) in [5, 5.41) is 0. The van der Waals surface area contributed by atoms with Crippen molar-refractivity contribution in [3.8, 4) is 0 Å². The number of carbonyl (C=O) groups is 1. The fourth-order valence-corrected chi connectivity index (χ4v) is 1.25. The molecule has 0 aliphatic heterocycles. The highest BCUT2D eigenvalue weighted by Gasteiger charge is 2.09. The smallest absolute Gasteiger partial charge is 0.188 e. The van der Waals surface area contributed by atoms with Gasteiger partial charge < -0.3 is 4.74 Å². The summed E-state index contributed by atoms with van der Waals surface area (Å²) < 4.78 is 30.6. The van der Waals surface area contributed by atoms with E-state index in [9.17, 15) is 13.6 Å². The van der Waals surface area contributed by atoms with E-state index >= 15 is 0 Å². The Hall–Kier alpha value is -1.55. The lowest BCUT2D eigenvalue weighted by Gasteiger charge is -2.03. The summed E-state index contributed by atoms with van der Waals surface area (Å²) in [4.78, 5) is 11.5. The average Bonchev–Trinajstić information content (AvgIpc) is 2.32. The lowest BCUT2D eigenvalue weighted by molar-refractivity contribution is 0.0756. The van der Waals surface area contributed by atoms with Crippen molar-refractivity contribution in [2.45, 2.75) is 12.8 Å². The Labute approximate surface area is 98.9 Å². The van der Waals surface area contributed by atoms with Crippen LogP contribution in [0.25, 0.3) is 0 Å². The van der Waals surface area contributed by atoms with Gasteiger partial charge in [0.2, 0.25) is 0 Å². The summed E-state index contributed by atoms with van der Waals surface area (Å²) in [5.74, 6) is -2.35. The average molecular weight is 240 g/mol. The van der Waals surface area contributed by atoms with Crippen LogP contribution in [0.2, 0.25) is 0 Å². The predicted molar refractivity (Wildman–Crippen MR) is 60.9 cm³/mol. The molecule has 0 atom stereocenters. The lowest BCUT2D eigenvalue weighted by Crippen LogP contribution is -2.10. The number of hydrogen-bond donors (Lipinski definition) is 0. The van der Waals surface area contributed by atoms with Gasteiger partial charge in [0.15, 0.2) is 17.4 Å². The maximum absolute atomic E-state index is 12.8. The number of halogens is 2. The van der Waals surface area contributed by atoms with Crippen LogP contribution in [0.5, 0.6) is 0 Å². The van der Waals surface area contributed by atoms with Crippen LogP contribution >= 0.6 is 0 Å². The fraction of sp³-hybridized carbons (Fsp3) is 0.308. The molecule has 0 saturated heterocycles. The highest BCUT2D eigenvalue weighted by molar-refractivity contribution is 5.97. The normalized spacial score (nSPS) is 10.2. The van der Waals surface area contributed by atoms with Crippen molar-refractivity contribution in [1.82, 2.24) is 0 Å². The summed E-state index contributed by atoms with van der Waals surface area (Å²) in [6.45, 7) is 3.88. The number of carbonyl (C=O) groups excluding carboxylic acids is 1. The molecule has 2 nitrogen and oxygen atoms in total. The summed E-state index contributed by atoms with van der Waals surface area (Å²) in [5.41, 5.74) is 0.118. The standard InChI is InChI=1S/C13H14F2O2/c1-2-3-4-7-17-9-13(16)10-5-6-11(14)12(15)8-10/h2,5-6,8H,1,3-4,7,9H2. The third-order valence-corrected chi connectivity index (χ3v) is 2.17. The van der Waals surface area contributed by atoms with Gasteiger partial charge in [-0.1, -0.05) is 6.08 Å². The van der Waals surface area contributed by atoms with Crippen molar-refractivity contribution in [2.75, 3.05) is 13.2 Å². The molecular formula is C13H14F2O2. The number of allylic oxidation sites excluding steroid dienone is 1. The molecule has 1 aromatic rings. The van der Waals surface area contributed by atoms with Crippen LogP contribution in [0.15, 0.2) is 30.9 Å². The van der Waals surface area contributed by atoms with Crippen LogP contribution in [-0.2, 0) is 4.74 Å². The molecule has 1 rings (SSSR count). The van der Waals surface area contributed by atoms with Crippen LogP contribution < -0.4 is 0 Å². The van der Waals surface area contributed by atoms with Gasteiger partial charge in [-0.25, -0.2) is 8.78 Å². The Balaban J connectivity index is 2.41. The van der Waals surface area contributed by atoms with Crippen molar-refractivity contribution >= 4 is 5.78 Å². The second-order valence-electron chi connectivity index (χ2n) is 3.54. The molecule has 0 spiro atoms. The minimum atomic E-state index is -1.03. The van der Waals surface area contributed by atoms with Crippen LogP contribution in [-0.4, -0.2) is 19.0 Å². The molecule has 0 bridgehead atoms. The van der Waals surface area contributed by atoms with Gasteiger partial charge in [-0.3, -0.25) is 4.79 Å². The van der Waals surface area contributed by atoms with Gasteiger partial charge in [-0.2, -0.15) is 0 Å². The van der Waals surface area contributed by atoms with E-state index in [-0.39, 0.29) is 18.0 Å². The number of rotatable bonds is 7. The third kappa shape index (κ3) is 4.44. The number of hydrogen-bond acceptors (Lipinski definition) is 2. The Bertz CT molecular complexity index is 402. The first-order valence-electron chi connectivity index (χ1n) is 5.32. The molecule has 0 amide bonds. The maximum atomic E-state index is 12.8. The second-order valence-corrected chi connectivity index (χ2v) is 3.54. The molecule has 4 heteroatoms. The summed E-state index contributed by atoms with van der Waals surface area (Å²) >= 11 is 0. The van der Waals surface area contributed by atoms with Crippen LogP contribution in [0, 0.1) is 11.6 Å². The summed E-state index contributed by atoms with van der Waals surface area (Å²) in [7, 11) is 0. The van der Waals surface area contributed by atoms with E-state index in [4.69, 9.17) is 4.74 Å². The predicted octanol–water partition coefficient (Wildman–Crippen LogP) is 3.13. The number of ether oxygens (including phenoxy) is 1. The quantitative estimate of drug-likeness (QED) is 0.416. The highest BCUT2D eigenvalue weighted by Crippen LogP contribution is 2.09. The Morgan fingerprint density at radius 1 is 1.35 bits per heavy atom. The maximum Gasteiger partial charge on any atom is 0.188 e. The molecule has 0 aromatic heterocycles. The van der Waals surface area contributed by atoms with Gasteiger partial charge in [0.1, 0.15) is 6.61 Å². The van der Waals surface area contributed by atoms with E-state index in [0.29, 0.717) is 6.61 Å². The monoisotopic (exact) mass is 240 g/mol. The van der Waals surface area contributed by atoms with Crippen molar-refractivity contribution in [2.24, 2.45) is 0 Å². The molecule has 0 unspecified atom stereocenters. The van der Waals surface area contributed by atoms with Gasteiger partial charge in [0.05, 0.1) is 0 Å². The molecule has 0 heterocycles. The minimum Gasteiger partial charge on any atom is -0.373 e. The second kappa shape index (κ2) is 6.91. The van der Waals surface area contributed by atoms with Gasteiger partial charge in [-0.05, 0) is 31.0 Å². The molecule has 0 aliphatic carbocycles. The van der Waals surface area contributed by atoms with Crippen LogP contribution in [0.1, 0.15) is 23.2 Å².